The minimum atomic E-state index is 0.794. The Morgan fingerprint density at radius 3 is 2.38 bits per heavy atom. The summed E-state index contributed by atoms with van der Waals surface area (Å²) in [7, 11) is 0. The summed E-state index contributed by atoms with van der Waals surface area (Å²) in [5.74, 6) is 0.944. The Kier molecular flexibility index (Phi) is 1.12. The molecule has 2 aliphatic rings. The largest absolute Gasteiger partial charge is 0.313 e. The van der Waals surface area contributed by atoms with E-state index < -0.39 is 0 Å². The third-order valence-corrected chi connectivity index (χ3v) is 3.71. The molecular weight excluding hydrogens is 166 g/mol. The topological polar surface area (TPSA) is 12.0 Å². The van der Waals surface area contributed by atoms with Gasteiger partial charge < -0.3 is 5.32 Å². The SMILES string of the molecule is Br[C@@H]1[C@H]2CC[C@@H]1NC2. The van der Waals surface area contributed by atoms with Crippen LogP contribution in [0.2, 0.25) is 0 Å². The number of fused-ring (bicyclic) bond motifs is 2. The Morgan fingerprint density at radius 1 is 1.38 bits per heavy atom. The van der Waals surface area contributed by atoms with E-state index in [0.717, 1.165) is 16.8 Å². The van der Waals surface area contributed by atoms with Gasteiger partial charge in [-0.05, 0) is 25.3 Å². The number of nitrogens with one attached hydrogen (secondary N) is 1. The number of piperidine rings is 1. The van der Waals surface area contributed by atoms with Gasteiger partial charge in [0.1, 0.15) is 0 Å². The molecule has 0 spiro atoms. The van der Waals surface area contributed by atoms with Crippen molar-refractivity contribution in [3.8, 4) is 0 Å². The number of hydrogen-bond donors (Lipinski definition) is 1. The first-order valence-electron chi connectivity index (χ1n) is 3.25. The smallest absolute Gasteiger partial charge is 0.0339 e. The van der Waals surface area contributed by atoms with Gasteiger partial charge in [-0.15, -0.1) is 0 Å². The van der Waals surface area contributed by atoms with E-state index in [1.807, 2.05) is 0 Å². The molecule has 2 rings (SSSR count). The lowest BCUT2D eigenvalue weighted by Gasteiger charge is -2.07. The standard InChI is InChI=1S/C6H10BrN/c7-6-4-1-2-5(6)8-3-4/h4-6,8H,1-3H2/t4-,5-,6+/m0/s1. The van der Waals surface area contributed by atoms with Crippen molar-refractivity contribution in [3.63, 3.8) is 0 Å². The molecule has 1 heterocycles. The molecule has 1 aliphatic carbocycles. The highest BCUT2D eigenvalue weighted by Crippen LogP contribution is 2.36. The summed E-state index contributed by atoms with van der Waals surface area (Å²) in [5, 5.41) is 3.46. The quantitative estimate of drug-likeness (QED) is 0.545. The molecule has 0 unspecified atom stereocenters. The minimum absolute atomic E-state index is 0.794. The summed E-state index contributed by atoms with van der Waals surface area (Å²) >= 11 is 3.67. The summed E-state index contributed by atoms with van der Waals surface area (Å²) in [6.45, 7) is 1.25. The van der Waals surface area contributed by atoms with Gasteiger partial charge in [0.2, 0.25) is 0 Å². The molecule has 2 fully saturated rings. The molecular formula is C6H10BrN. The van der Waals surface area contributed by atoms with Gasteiger partial charge in [0.25, 0.3) is 0 Å². The molecule has 0 aromatic heterocycles. The van der Waals surface area contributed by atoms with Crippen molar-refractivity contribution >= 4 is 15.9 Å². The highest BCUT2D eigenvalue weighted by atomic mass is 79.9. The van der Waals surface area contributed by atoms with Crippen LogP contribution in [0.15, 0.2) is 0 Å². The summed E-state index contributed by atoms with van der Waals surface area (Å²) in [5.41, 5.74) is 0. The highest BCUT2D eigenvalue weighted by Gasteiger charge is 2.39. The molecule has 1 saturated heterocycles. The molecule has 0 aromatic rings. The summed E-state index contributed by atoms with van der Waals surface area (Å²) in [6, 6.07) is 0.806. The van der Waals surface area contributed by atoms with Gasteiger partial charge in [-0.3, -0.25) is 0 Å². The monoisotopic (exact) mass is 175 g/mol. The van der Waals surface area contributed by atoms with Crippen molar-refractivity contribution < 1.29 is 0 Å². The predicted molar refractivity (Wildman–Crippen MR) is 37.2 cm³/mol. The van der Waals surface area contributed by atoms with E-state index in [9.17, 15) is 0 Å². The Morgan fingerprint density at radius 2 is 2.25 bits per heavy atom. The normalized spacial score (nSPS) is 52.9. The highest BCUT2D eigenvalue weighted by molar-refractivity contribution is 9.09. The van der Waals surface area contributed by atoms with Gasteiger partial charge in [-0.25, -0.2) is 0 Å². The molecule has 2 bridgehead atoms. The van der Waals surface area contributed by atoms with Crippen LogP contribution < -0.4 is 5.32 Å². The van der Waals surface area contributed by atoms with Gasteiger partial charge in [0.05, 0.1) is 0 Å². The van der Waals surface area contributed by atoms with Crippen molar-refractivity contribution in [1.29, 1.82) is 0 Å². The van der Waals surface area contributed by atoms with Crippen molar-refractivity contribution in [2.75, 3.05) is 6.54 Å². The van der Waals surface area contributed by atoms with Gasteiger partial charge in [-0.2, -0.15) is 0 Å². The van der Waals surface area contributed by atoms with E-state index in [-0.39, 0.29) is 0 Å². The fourth-order valence-corrected chi connectivity index (χ4v) is 2.68. The molecule has 0 radical (unpaired) electrons. The fourth-order valence-electron chi connectivity index (χ4n) is 1.77. The first-order chi connectivity index (χ1) is 3.88. The molecule has 46 valence electrons. The summed E-state index contributed by atoms with van der Waals surface area (Å²) in [4.78, 5) is 0.794. The average Bonchev–Trinajstić information content (AvgIpc) is 2.29. The van der Waals surface area contributed by atoms with Crippen molar-refractivity contribution in [3.05, 3.63) is 0 Å². The van der Waals surface area contributed by atoms with Crippen LogP contribution in [0.5, 0.6) is 0 Å². The maximum atomic E-state index is 3.67. The predicted octanol–water partition coefficient (Wildman–Crippen LogP) is 1.13. The zero-order valence-electron chi connectivity index (χ0n) is 4.73. The third kappa shape index (κ3) is 0.560. The Hall–Kier alpha value is 0.440. The summed E-state index contributed by atoms with van der Waals surface area (Å²) in [6.07, 6.45) is 2.83. The van der Waals surface area contributed by atoms with Crippen LogP contribution in [-0.4, -0.2) is 17.4 Å². The lowest BCUT2D eigenvalue weighted by Crippen LogP contribution is -2.25. The second-order valence-corrected chi connectivity index (χ2v) is 3.85. The Labute approximate surface area is 58.0 Å². The van der Waals surface area contributed by atoms with Crippen molar-refractivity contribution in [2.45, 2.75) is 23.7 Å². The van der Waals surface area contributed by atoms with Gasteiger partial charge in [0, 0.05) is 10.9 Å². The average molecular weight is 176 g/mol. The molecule has 1 nitrogen and oxygen atoms in total. The maximum absolute atomic E-state index is 3.67. The van der Waals surface area contributed by atoms with E-state index in [0.29, 0.717) is 0 Å². The van der Waals surface area contributed by atoms with Crippen molar-refractivity contribution in [2.24, 2.45) is 5.92 Å². The van der Waals surface area contributed by atoms with E-state index in [4.69, 9.17) is 0 Å². The molecule has 1 saturated carbocycles. The van der Waals surface area contributed by atoms with Gasteiger partial charge in [-0.1, -0.05) is 15.9 Å². The van der Waals surface area contributed by atoms with Crippen LogP contribution in [0.4, 0.5) is 0 Å². The molecule has 1 aliphatic heterocycles. The lowest BCUT2D eigenvalue weighted by molar-refractivity contribution is 0.504. The van der Waals surface area contributed by atoms with Crippen LogP contribution in [0.3, 0.4) is 0 Å². The molecule has 1 N–H and O–H groups in total. The zero-order valence-corrected chi connectivity index (χ0v) is 6.32. The Balaban J connectivity index is 2.16. The van der Waals surface area contributed by atoms with E-state index >= 15 is 0 Å². The van der Waals surface area contributed by atoms with Crippen LogP contribution in [0, 0.1) is 5.92 Å². The minimum Gasteiger partial charge on any atom is -0.313 e. The van der Waals surface area contributed by atoms with Crippen LogP contribution in [0.1, 0.15) is 12.8 Å². The second kappa shape index (κ2) is 1.71. The first kappa shape index (κ1) is 5.24. The zero-order chi connectivity index (χ0) is 5.56. The van der Waals surface area contributed by atoms with E-state index in [1.165, 1.54) is 19.4 Å². The molecule has 0 amide bonds. The second-order valence-electron chi connectivity index (χ2n) is 2.80. The van der Waals surface area contributed by atoms with Gasteiger partial charge >= 0.3 is 0 Å². The fraction of sp³-hybridized carbons (Fsp3) is 1.00. The lowest BCUT2D eigenvalue weighted by atomic mass is 10.1. The maximum Gasteiger partial charge on any atom is 0.0339 e. The van der Waals surface area contributed by atoms with Crippen LogP contribution in [-0.2, 0) is 0 Å². The number of hydrogen-bond acceptors (Lipinski definition) is 1. The molecule has 3 atom stereocenters. The molecule has 8 heavy (non-hydrogen) atoms. The number of halogens is 1. The van der Waals surface area contributed by atoms with Crippen molar-refractivity contribution in [1.82, 2.24) is 5.32 Å². The summed E-state index contributed by atoms with van der Waals surface area (Å²) < 4.78 is 0. The molecule has 0 aromatic carbocycles. The third-order valence-electron chi connectivity index (χ3n) is 2.33. The molecule has 2 heteroatoms. The Bertz CT molecular complexity index is 84.7. The first-order valence-corrected chi connectivity index (χ1v) is 4.17. The number of alkyl halides is 1. The van der Waals surface area contributed by atoms with E-state index in [1.54, 1.807) is 0 Å². The number of rotatable bonds is 0. The van der Waals surface area contributed by atoms with E-state index in [2.05, 4.69) is 21.2 Å². The van der Waals surface area contributed by atoms with Gasteiger partial charge in [0.15, 0.2) is 0 Å². The van der Waals surface area contributed by atoms with Crippen LogP contribution in [0.25, 0.3) is 0 Å². The van der Waals surface area contributed by atoms with Crippen LogP contribution >= 0.6 is 15.9 Å².